The zero-order chi connectivity index (χ0) is 9.97. The maximum Gasteiger partial charge on any atom is 0.0624 e. The minimum Gasteiger partial charge on any atom is -0.411 e. The van der Waals surface area contributed by atoms with E-state index in [4.69, 9.17) is 9.94 Å². The van der Waals surface area contributed by atoms with E-state index in [1.54, 1.807) is 0 Å². The van der Waals surface area contributed by atoms with Gasteiger partial charge in [0, 0.05) is 38.1 Å². The lowest BCUT2D eigenvalue weighted by atomic mass is 9.96. The van der Waals surface area contributed by atoms with Crippen LogP contribution in [-0.2, 0) is 4.74 Å². The number of hydrogen-bond donors (Lipinski definition) is 1. The summed E-state index contributed by atoms with van der Waals surface area (Å²) in [5.41, 5.74) is 0.945. The van der Waals surface area contributed by atoms with Crippen LogP contribution in [0.3, 0.4) is 0 Å². The Morgan fingerprint density at radius 2 is 2.43 bits per heavy atom. The third-order valence-corrected chi connectivity index (χ3v) is 3.28. The first-order chi connectivity index (χ1) is 6.81. The smallest absolute Gasteiger partial charge is 0.0624 e. The van der Waals surface area contributed by atoms with Crippen molar-refractivity contribution in [1.82, 2.24) is 4.90 Å². The van der Waals surface area contributed by atoms with Crippen LogP contribution in [0.15, 0.2) is 5.16 Å². The van der Waals surface area contributed by atoms with Crippen LogP contribution in [0.1, 0.15) is 19.8 Å². The Morgan fingerprint density at radius 1 is 1.57 bits per heavy atom. The average Bonchev–Trinajstić information content (AvgIpc) is 2.70. The van der Waals surface area contributed by atoms with Gasteiger partial charge >= 0.3 is 0 Å². The second-order valence-corrected chi connectivity index (χ2v) is 4.25. The molecule has 4 heteroatoms. The van der Waals surface area contributed by atoms with Crippen LogP contribution in [0.2, 0.25) is 0 Å². The molecule has 0 saturated carbocycles. The molecule has 80 valence electrons. The maximum atomic E-state index is 8.76. The van der Waals surface area contributed by atoms with E-state index in [9.17, 15) is 0 Å². The van der Waals surface area contributed by atoms with Gasteiger partial charge in [-0.25, -0.2) is 0 Å². The molecule has 2 saturated heterocycles. The third kappa shape index (κ3) is 1.91. The molecule has 2 aliphatic heterocycles. The summed E-state index contributed by atoms with van der Waals surface area (Å²) in [5, 5.41) is 12.1. The van der Waals surface area contributed by atoms with Gasteiger partial charge in [-0.05, 0) is 6.42 Å². The van der Waals surface area contributed by atoms with Gasteiger partial charge < -0.3 is 9.94 Å². The van der Waals surface area contributed by atoms with Gasteiger partial charge in [0.2, 0.25) is 0 Å². The standard InChI is InChI=1S/C10H18N2O2/c1-8-6-12(4-2-10(8)11-13)9-3-5-14-7-9/h8-9,13H,2-7H2,1H3/b11-10+. The molecule has 0 aliphatic carbocycles. The number of rotatable bonds is 1. The zero-order valence-corrected chi connectivity index (χ0v) is 8.65. The van der Waals surface area contributed by atoms with Gasteiger partial charge in [-0.3, -0.25) is 4.90 Å². The molecule has 0 radical (unpaired) electrons. The molecule has 4 nitrogen and oxygen atoms in total. The number of piperidine rings is 1. The highest BCUT2D eigenvalue weighted by Crippen LogP contribution is 2.20. The van der Waals surface area contributed by atoms with Crippen LogP contribution in [0.4, 0.5) is 0 Å². The number of hydrogen-bond acceptors (Lipinski definition) is 4. The first kappa shape index (κ1) is 9.93. The second kappa shape index (κ2) is 4.28. The van der Waals surface area contributed by atoms with Crippen molar-refractivity contribution in [2.75, 3.05) is 26.3 Å². The Morgan fingerprint density at radius 3 is 3.00 bits per heavy atom. The zero-order valence-electron chi connectivity index (χ0n) is 8.65. The van der Waals surface area contributed by atoms with Crippen molar-refractivity contribution in [3.8, 4) is 0 Å². The van der Waals surface area contributed by atoms with Gasteiger partial charge in [-0.2, -0.15) is 0 Å². The molecule has 0 spiro atoms. The molecule has 2 heterocycles. The summed E-state index contributed by atoms with van der Waals surface area (Å²) in [7, 11) is 0. The molecule has 2 fully saturated rings. The van der Waals surface area contributed by atoms with Gasteiger partial charge in [0.1, 0.15) is 0 Å². The molecule has 14 heavy (non-hydrogen) atoms. The highest BCUT2D eigenvalue weighted by Gasteiger charge is 2.29. The van der Waals surface area contributed by atoms with Crippen LogP contribution in [-0.4, -0.2) is 48.2 Å². The van der Waals surface area contributed by atoms with Crippen molar-refractivity contribution in [1.29, 1.82) is 0 Å². The maximum absolute atomic E-state index is 8.76. The Labute approximate surface area is 84.5 Å². The summed E-state index contributed by atoms with van der Waals surface area (Å²) >= 11 is 0. The van der Waals surface area contributed by atoms with Crippen molar-refractivity contribution in [3.63, 3.8) is 0 Å². The average molecular weight is 198 g/mol. The normalized spacial score (nSPS) is 37.9. The first-order valence-electron chi connectivity index (χ1n) is 5.34. The molecule has 2 unspecified atom stereocenters. The highest BCUT2D eigenvalue weighted by molar-refractivity contribution is 5.87. The van der Waals surface area contributed by atoms with E-state index < -0.39 is 0 Å². The Balaban J connectivity index is 1.91. The number of oxime groups is 1. The van der Waals surface area contributed by atoms with Crippen molar-refractivity contribution in [2.45, 2.75) is 25.8 Å². The molecule has 0 aromatic carbocycles. The lowest BCUT2D eigenvalue weighted by Gasteiger charge is -2.35. The first-order valence-corrected chi connectivity index (χ1v) is 5.34. The Kier molecular flexibility index (Phi) is 3.03. The molecule has 0 amide bonds. The molecule has 1 N–H and O–H groups in total. The lowest BCUT2D eigenvalue weighted by molar-refractivity contribution is 0.133. The fraction of sp³-hybridized carbons (Fsp3) is 0.900. The fourth-order valence-electron chi connectivity index (χ4n) is 2.34. The summed E-state index contributed by atoms with van der Waals surface area (Å²) < 4.78 is 5.38. The van der Waals surface area contributed by atoms with Crippen molar-refractivity contribution in [2.24, 2.45) is 11.1 Å². The predicted octanol–water partition coefficient (Wildman–Crippen LogP) is 0.947. The third-order valence-electron chi connectivity index (χ3n) is 3.28. The van der Waals surface area contributed by atoms with Crippen LogP contribution >= 0.6 is 0 Å². The highest BCUT2D eigenvalue weighted by atomic mass is 16.5. The molecule has 0 aromatic rings. The van der Waals surface area contributed by atoms with E-state index in [-0.39, 0.29) is 0 Å². The molecule has 0 aromatic heterocycles. The number of likely N-dealkylation sites (tertiary alicyclic amines) is 1. The Bertz CT molecular complexity index is 224. The van der Waals surface area contributed by atoms with E-state index in [2.05, 4.69) is 17.0 Å². The van der Waals surface area contributed by atoms with Crippen LogP contribution < -0.4 is 0 Å². The van der Waals surface area contributed by atoms with Gasteiger partial charge in [0.05, 0.1) is 12.3 Å². The van der Waals surface area contributed by atoms with E-state index in [0.29, 0.717) is 12.0 Å². The number of ether oxygens (including phenoxy) is 1. The largest absolute Gasteiger partial charge is 0.411 e. The minimum absolute atomic E-state index is 0.384. The van der Waals surface area contributed by atoms with Gasteiger partial charge in [-0.15, -0.1) is 0 Å². The van der Waals surface area contributed by atoms with E-state index in [0.717, 1.165) is 44.9 Å². The van der Waals surface area contributed by atoms with Crippen LogP contribution in [0, 0.1) is 5.92 Å². The van der Waals surface area contributed by atoms with Gasteiger partial charge in [0.15, 0.2) is 0 Å². The summed E-state index contributed by atoms with van der Waals surface area (Å²) in [6, 6.07) is 0.595. The fourth-order valence-corrected chi connectivity index (χ4v) is 2.34. The van der Waals surface area contributed by atoms with Crippen molar-refractivity contribution < 1.29 is 9.94 Å². The second-order valence-electron chi connectivity index (χ2n) is 4.25. The predicted molar refractivity (Wildman–Crippen MR) is 53.8 cm³/mol. The summed E-state index contributed by atoms with van der Waals surface area (Å²) in [6.07, 6.45) is 2.05. The van der Waals surface area contributed by atoms with Crippen LogP contribution in [0.5, 0.6) is 0 Å². The van der Waals surface area contributed by atoms with Gasteiger partial charge in [-0.1, -0.05) is 12.1 Å². The lowest BCUT2D eigenvalue weighted by Crippen LogP contribution is -2.45. The number of nitrogens with zero attached hydrogens (tertiary/aromatic N) is 2. The van der Waals surface area contributed by atoms with E-state index >= 15 is 0 Å². The van der Waals surface area contributed by atoms with Crippen LogP contribution in [0.25, 0.3) is 0 Å². The summed E-state index contributed by atoms with van der Waals surface area (Å²) in [4.78, 5) is 2.46. The van der Waals surface area contributed by atoms with E-state index in [1.165, 1.54) is 0 Å². The molecule has 2 aliphatic rings. The summed E-state index contributed by atoms with van der Waals surface area (Å²) in [6.45, 7) is 5.91. The Hall–Kier alpha value is -0.610. The van der Waals surface area contributed by atoms with Gasteiger partial charge in [0.25, 0.3) is 0 Å². The molecular weight excluding hydrogens is 180 g/mol. The minimum atomic E-state index is 0.384. The molecule has 2 rings (SSSR count). The van der Waals surface area contributed by atoms with Crippen molar-refractivity contribution >= 4 is 5.71 Å². The van der Waals surface area contributed by atoms with E-state index in [1.807, 2.05) is 0 Å². The molecular formula is C10H18N2O2. The summed E-state index contributed by atoms with van der Waals surface area (Å²) in [5.74, 6) is 0.384. The quantitative estimate of drug-likeness (QED) is 0.504. The monoisotopic (exact) mass is 198 g/mol. The van der Waals surface area contributed by atoms with Crippen molar-refractivity contribution in [3.05, 3.63) is 0 Å². The SMILES string of the molecule is CC1CN(C2CCOC2)CC/C1=N\O. The molecule has 0 bridgehead atoms. The topological polar surface area (TPSA) is 45.1 Å². The molecule has 2 atom stereocenters.